The first-order valence-electron chi connectivity index (χ1n) is 7.56. The lowest BCUT2D eigenvalue weighted by molar-refractivity contribution is -0.126. The van der Waals surface area contributed by atoms with Gasteiger partial charge in [0.05, 0.1) is 11.5 Å². The van der Waals surface area contributed by atoms with E-state index in [0.29, 0.717) is 24.2 Å². The van der Waals surface area contributed by atoms with Gasteiger partial charge in [-0.05, 0) is 60.8 Å². The number of carbonyl (C=O) groups is 1. The Morgan fingerprint density at radius 2 is 2.20 bits per heavy atom. The maximum absolute atomic E-state index is 12.1. The Hall–Kier alpha value is -1.35. The van der Waals surface area contributed by atoms with Crippen LogP contribution < -0.4 is 0 Å². The smallest absolute Gasteiger partial charge is 0.166 e. The normalized spacial score (nSPS) is 39.0. The van der Waals surface area contributed by atoms with Gasteiger partial charge in [0.2, 0.25) is 0 Å². The van der Waals surface area contributed by atoms with Crippen molar-refractivity contribution in [3.8, 4) is 5.75 Å². The zero-order chi connectivity index (χ0) is 13.9. The number of hydrogen-bond acceptors (Lipinski definition) is 3. The molecular weight excluding hydrogens is 252 g/mol. The molecule has 3 aliphatic rings. The van der Waals surface area contributed by atoms with Gasteiger partial charge < -0.3 is 9.84 Å². The molecule has 1 heterocycles. The highest BCUT2D eigenvalue weighted by molar-refractivity contribution is 5.88. The number of phenols is 1. The van der Waals surface area contributed by atoms with Crippen LogP contribution in [0, 0.1) is 11.3 Å². The number of aryl methyl sites for hydroxylation is 1. The zero-order valence-corrected chi connectivity index (χ0v) is 11.8. The Balaban J connectivity index is 1.73. The second-order valence-corrected chi connectivity index (χ2v) is 6.80. The summed E-state index contributed by atoms with van der Waals surface area (Å²) in [6.07, 6.45) is 4.13. The molecule has 0 amide bonds. The molecule has 106 valence electrons. The van der Waals surface area contributed by atoms with Crippen LogP contribution in [0.4, 0.5) is 0 Å². The predicted octanol–water partition coefficient (Wildman–Crippen LogP) is 2.81. The Morgan fingerprint density at radius 1 is 1.35 bits per heavy atom. The molecule has 3 heteroatoms. The number of fused-ring (bicyclic) bond motifs is 5. The summed E-state index contributed by atoms with van der Waals surface area (Å²) in [7, 11) is 0. The van der Waals surface area contributed by atoms with Gasteiger partial charge >= 0.3 is 0 Å². The van der Waals surface area contributed by atoms with E-state index in [2.05, 4.69) is 13.0 Å². The molecule has 0 radical (unpaired) electrons. The summed E-state index contributed by atoms with van der Waals surface area (Å²) in [6, 6.07) is 5.76. The number of ether oxygens (including phenoxy) is 1. The SMILES string of the molecule is CC12CCC3c4ccc(O)cc4CCC3[C@@H]1OCC2=O. The summed E-state index contributed by atoms with van der Waals surface area (Å²) in [6.45, 7) is 2.39. The summed E-state index contributed by atoms with van der Waals surface area (Å²) >= 11 is 0. The van der Waals surface area contributed by atoms with Crippen LogP contribution in [-0.4, -0.2) is 23.6 Å². The van der Waals surface area contributed by atoms with Gasteiger partial charge in [-0.3, -0.25) is 4.79 Å². The first-order valence-corrected chi connectivity index (χ1v) is 7.56. The summed E-state index contributed by atoms with van der Waals surface area (Å²) < 4.78 is 5.88. The Morgan fingerprint density at radius 3 is 3.05 bits per heavy atom. The third-order valence-electron chi connectivity index (χ3n) is 5.81. The Bertz CT molecular complexity index is 580. The third-order valence-corrected chi connectivity index (χ3v) is 5.81. The molecule has 1 aromatic carbocycles. The van der Waals surface area contributed by atoms with Crippen LogP contribution in [0.3, 0.4) is 0 Å². The van der Waals surface area contributed by atoms with Crippen LogP contribution in [0.25, 0.3) is 0 Å². The van der Waals surface area contributed by atoms with Crippen molar-refractivity contribution in [3.05, 3.63) is 29.3 Å². The van der Waals surface area contributed by atoms with Gasteiger partial charge in [-0.15, -0.1) is 0 Å². The van der Waals surface area contributed by atoms with Gasteiger partial charge in [-0.25, -0.2) is 0 Å². The molecule has 0 aromatic heterocycles. The molecule has 2 fully saturated rings. The van der Waals surface area contributed by atoms with Crippen LogP contribution in [0.15, 0.2) is 18.2 Å². The van der Waals surface area contributed by atoms with Gasteiger partial charge in [0.15, 0.2) is 5.78 Å². The molecule has 4 atom stereocenters. The van der Waals surface area contributed by atoms with Gasteiger partial charge in [-0.2, -0.15) is 0 Å². The summed E-state index contributed by atoms with van der Waals surface area (Å²) in [5, 5.41) is 9.64. The van der Waals surface area contributed by atoms with Crippen molar-refractivity contribution in [1.29, 1.82) is 0 Å². The minimum Gasteiger partial charge on any atom is -0.508 e. The number of benzene rings is 1. The van der Waals surface area contributed by atoms with E-state index in [-0.39, 0.29) is 17.3 Å². The average Bonchev–Trinajstić information content (AvgIpc) is 2.74. The quantitative estimate of drug-likeness (QED) is 0.790. The topological polar surface area (TPSA) is 46.5 Å². The van der Waals surface area contributed by atoms with Crippen molar-refractivity contribution < 1.29 is 14.6 Å². The van der Waals surface area contributed by atoms with E-state index in [1.165, 1.54) is 11.1 Å². The number of hydrogen-bond donors (Lipinski definition) is 1. The molecule has 1 saturated heterocycles. The molecule has 1 N–H and O–H groups in total. The molecule has 0 spiro atoms. The molecule has 1 saturated carbocycles. The van der Waals surface area contributed by atoms with E-state index in [9.17, 15) is 9.90 Å². The van der Waals surface area contributed by atoms with Crippen LogP contribution >= 0.6 is 0 Å². The average molecular weight is 272 g/mol. The number of aromatic hydroxyl groups is 1. The Labute approximate surface area is 118 Å². The zero-order valence-electron chi connectivity index (χ0n) is 11.8. The molecule has 3 nitrogen and oxygen atoms in total. The van der Waals surface area contributed by atoms with Crippen molar-refractivity contribution in [1.82, 2.24) is 0 Å². The lowest BCUT2D eigenvalue weighted by Crippen LogP contribution is -2.46. The van der Waals surface area contributed by atoms with E-state index >= 15 is 0 Å². The fourth-order valence-corrected chi connectivity index (χ4v) is 4.66. The number of carbonyl (C=O) groups excluding carboxylic acids is 1. The molecule has 1 aliphatic heterocycles. The predicted molar refractivity (Wildman–Crippen MR) is 74.7 cm³/mol. The molecule has 1 aromatic rings. The first kappa shape index (κ1) is 12.4. The number of Topliss-reactive ketones (excluding diaryl/α,β-unsaturated/α-hetero) is 1. The monoisotopic (exact) mass is 272 g/mol. The minimum absolute atomic E-state index is 0.0932. The van der Waals surface area contributed by atoms with E-state index in [1.807, 2.05) is 6.07 Å². The van der Waals surface area contributed by atoms with Gasteiger partial charge in [0.25, 0.3) is 0 Å². The molecule has 2 aliphatic carbocycles. The molecule has 3 unspecified atom stereocenters. The highest BCUT2D eigenvalue weighted by Gasteiger charge is 2.55. The van der Waals surface area contributed by atoms with Crippen LogP contribution in [0.2, 0.25) is 0 Å². The summed E-state index contributed by atoms with van der Waals surface area (Å²) in [4.78, 5) is 12.1. The highest BCUT2D eigenvalue weighted by atomic mass is 16.5. The minimum atomic E-state index is -0.254. The molecular formula is C17H20O3. The lowest BCUT2D eigenvalue weighted by Gasteiger charge is -2.46. The van der Waals surface area contributed by atoms with E-state index in [0.717, 1.165) is 25.7 Å². The maximum atomic E-state index is 12.1. The van der Waals surface area contributed by atoms with Crippen molar-refractivity contribution >= 4 is 5.78 Å². The van der Waals surface area contributed by atoms with Crippen molar-refractivity contribution in [2.45, 2.75) is 44.6 Å². The van der Waals surface area contributed by atoms with Gasteiger partial charge in [-0.1, -0.05) is 13.0 Å². The number of rotatable bonds is 0. The molecule has 20 heavy (non-hydrogen) atoms. The second kappa shape index (κ2) is 4.08. The van der Waals surface area contributed by atoms with Gasteiger partial charge in [0.1, 0.15) is 12.4 Å². The summed E-state index contributed by atoms with van der Waals surface area (Å²) in [5.74, 6) is 1.59. The second-order valence-electron chi connectivity index (χ2n) is 6.80. The largest absolute Gasteiger partial charge is 0.508 e. The van der Waals surface area contributed by atoms with Crippen LogP contribution in [0.5, 0.6) is 5.75 Å². The van der Waals surface area contributed by atoms with Crippen LogP contribution in [0.1, 0.15) is 43.2 Å². The fraction of sp³-hybridized carbons (Fsp3) is 0.588. The van der Waals surface area contributed by atoms with Crippen molar-refractivity contribution in [2.75, 3.05) is 6.61 Å². The Kier molecular flexibility index (Phi) is 2.53. The lowest BCUT2D eigenvalue weighted by atomic mass is 9.58. The third kappa shape index (κ3) is 1.53. The standard InChI is InChI=1S/C17H20O3/c1-17-7-6-13-12-5-3-11(18)8-10(12)2-4-14(13)16(17)20-9-15(17)19/h3,5,8,13-14,16,18H,2,4,6-7,9H2,1H3/t13?,14?,16-,17?/m0/s1. The van der Waals surface area contributed by atoms with E-state index in [4.69, 9.17) is 4.74 Å². The highest BCUT2D eigenvalue weighted by Crippen LogP contribution is 2.55. The van der Waals surface area contributed by atoms with Gasteiger partial charge in [0, 0.05) is 0 Å². The summed E-state index contributed by atoms with van der Waals surface area (Å²) in [5.41, 5.74) is 2.39. The number of phenolic OH excluding ortho intramolecular Hbond substituents is 1. The number of ketones is 1. The molecule has 0 bridgehead atoms. The van der Waals surface area contributed by atoms with E-state index in [1.54, 1.807) is 6.07 Å². The maximum Gasteiger partial charge on any atom is 0.166 e. The van der Waals surface area contributed by atoms with Crippen LogP contribution in [-0.2, 0) is 16.0 Å². The fourth-order valence-electron chi connectivity index (χ4n) is 4.66. The van der Waals surface area contributed by atoms with E-state index < -0.39 is 0 Å². The molecule has 4 rings (SSSR count). The van der Waals surface area contributed by atoms with Crippen molar-refractivity contribution in [2.24, 2.45) is 11.3 Å². The first-order chi connectivity index (χ1) is 9.59. The van der Waals surface area contributed by atoms with Crippen molar-refractivity contribution in [3.63, 3.8) is 0 Å².